The molecule has 2 N–H and O–H groups in total. The molecule has 0 radical (unpaired) electrons. The van der Waals surface area contributed by atoms with Crippen LogP contribution in [-0.2, 0) is 4.79 Å². The van der Waals surface area contributed by atoms with Crippen molar-refractivity contribution in [2.45, 2.75) is 52.7 Å². The molecule has 1 fully saturated rings. The first-order valence-corrected chi connectivity index (χ1v) is 10.5. The molecular formula is C21H34ClIN4O2. The van der Waals surface area contributed by atoms with Gasteiger partial charge < -0.3 is 20.3 Å². The smallest absolute Gasteiger partial charge is 0.225 e. The number of amides is 1. The Morgan fingerprint density at radius 2 is 1.86 bits per heavy atom. The Hall–Kier alpha value is -1.22. The molecule has 1 unspecified atom stereocenters. The molecule has 1 amide bonds. The minimum Gasteiger partial charge on any atom is -0.489 e. The number of benzene rings is 1. The molecule has 1 saturated heterocycles. The van der Waals surface area contributed by atoms with Gasteiger partial charge in [0.25, 0.3) is 0 Å². The second-order valence-electron chi connectivity index (χ2n) is 7.50. The van der Waals surface area contributed by atoms with Crippen LogP contribution >= 0.6 is 35.6 Å². The van der Waals surface area contributed by atoms with E-state index in [1.165, 1.54) is 0 Å². The number of carbonyl (C=O) groups is 1. The van der Waals surface area contributed by atoms with Crippen LogP contribution in [0.25, 0.3) is 0 Å². The highest BCUT2D eigenvalue weighted by molar-refractivity contribution is 14.0. The highest BCUT2D eigenvalue weighted by Crippen LogP contribution is 2.17. The van der Waals surface area contributed by atoms with E-state index in [-0.39, 0.29) is 41.9 Å². The van der Waals surface area contributed by atoms with E-state index in [9.17, 15) is 4.79 Å². The number of halogens is 2. The third kappa shape index (κ3) is 8.99. The maximum absolute atomic E-state index is 12.1. The fourth-order valence-electron chi connectivity index (χ4n) is 3.13. The van der Waals surface area contributed by atoms with Gasteiger partial charge in [0.05, 0.1) is 6.54 Å². The summed E-state index contributed by atoms with van der Waals surface area (Å²) in [5.41, 5.74) is 0. The Bertz CT molecular complexity index is 647. The number of likely N-dealkylation sites (tertiary alicyclic amines) is 1. The fourth-order valence-corrected chi connectivity index (χ4v) is 3.25. The van der Waals surface area contributed by atoms with Gasteiger partial charge in [0.15, 0.2) is 5.96 Å². The normalized spacial score (nSPS) is 16.2. The molecular weight excluding hydrogens is 503 g/mol. The molecule has 0 saturated carbocycles. The molecule has 1 aromatic rings. The third-order valence-corrected chi connectivity index (χ3v) is 4.89. The quantitative estimate of drug-likeness (QED) is 0.315. The van der Waals surface area contributed by atoms with Gasteiger partial charge in [-0.15, -0.1) is 24.0 Å². The van der Waals surface area contributed by atoms with E-state index < -0.39 is 0 Å². The number of nitrogens with zero attached hydrogens (tertiary/aromatic N) is 2. The molecule has 1 atom stereocenters. The summed E-state index contributed by atoms with van der Waals surface area (Å²) in [6.45, 7) is 10.9. The van der Waals surface area contributed by atoms with E-state index in [1.54, 1.807) is 0 Å². The van der Waals surface area contributed by atoms with Crippen LogP contribution in [0.1, 0.15) is 40.5 Å². The minimum atomic E-state index is -0.0536. The van der Waals surface area contributed by atoms with Crippen molar-refractivity contribution >= 4 is 47.4 Å². The molecule has 1 aliphatic rings. The lowest BCUT2D eigenvalue weighted by atomic mass is 10.0. The van der Waals surface area contributed by atoms with Gasteiger partial charge in [-0.05, 0) is 51.0 Å². The fraction of sp³-hybridized carbons (Fsp3) is 0.619. The summed E-state index contributed by atoms with van der Waals surface area (Å²) < 4.78 is 5.89. The average molecular weight is 537 g/mol. The van der Waals surface area contributed by atoms with Gasteiger partial charge in [0.2, 0.25) is 5.91 Å². The summed E-state index contributed by atoms with van der Waals surface area (Å²) in [7, 11) is 0. The first-order valence-electron chi connectivity index (χ1n) is 10.1. The molecule has 8 heteroatoms. The molecule has 29 heavy (non-hydrogen) atoms. The van der Waals surface area contributed by atoms with Crippen LogP contribution < -0.4 is 15.4 Å². The predicted molar refractivity (Wildman–Crippen MR) is 131 cm³/mol. The monoisotopic (exact) mass is 536 g/mol. The molecule has 2 rings (SSSR count). The van der Waals surface area contributed by atoms with E-state index in [0.29, 0.717) is 17.6 Å². The topological polar surface area (TPSA) is 66.0 Å². The van der Waals surface area contributed by atoms with Crippen molar-refractivity contribution in [2.24, 2.45) is 10.9 Å². The highest BCUT2D eigenvalue weighted by Gasteiger charge is 2.24. The summed E-state index contributed by atoms with van der Waals surface area (Å²) in [6.07, 6.45) is 1.81. The van der Waals surface area contributed by atoms with E-state index in [0.717, 1.165) is 44.2 Å². The van der Waals surface area contributed by atoms with Gasteiger partial charge in [0.1, 0.15) is 11.9 Å². The number of guanidine groups is 1. The summed E-state index contributed by atoms with van der Waals surface area (Å²) >= 11 is 5.90. The minimum absolute atomic E-state index is 0. The van der Waals surface area contributed by atoms with Crippen molar-refractivity contribution in [3.63, 3.8) is 0 Å². The Kier molecular flexibility index (Phi) is 11.7. The summed E-state index contributed by atoms with van der Waals surface area (Å²) in [5, 5.41) is 7.49. The van der Waals surface area contributed by atoms with Crippen LogP contribution in [0.5, 0.6) is 5.75 Å². The molecule has 0 aliphatic carbocycles. The van der Waals surface area contributed by atoms with Crippen molar-refractivity contribution < 1.29 is 9.53 Å². The lowest BCUT2D eigenvalue weighted by Gasteiger charge is -2.34. The number of hydrogen-bond donors (Lipinski definition) is 2. The zero-order valence-electron chi connectivity index (χ0n) is 17.8. The van der Waals surface area contributed by atoms with Crippen LogP contribution in [-0.4, -0.2) is 55.1 Å². The van der Waals surface area contributed by atoms with Gasteiger partial charge >= 0.3 is 0 Å². The Morgan fingerprint density at radius 3 is 2.41 bits per heavy atom. The van der Waals surface area contributed by atoms with Gasteiger partial charge in [-0.1, -0.05) is 25.4 Å². The SMILES string of the molecule is CCNC(=NCC(C)Oc1ccc(Cl)cc1)NC1CCN(C(=O)C(C)C)CC1.I. The average Bonchev–Trinajstić information content (AvgIpc) is 2.68. The van der Waals surface area contributed by atoms with Crippen molar-refractivity contribution in [1.29, 1.82) is 0 Å². The number of hydrogen-bond acceptors (Lipinski definition) is 3. The highest BCUT2D eigenvalue weighted by atomic mass is 127. The van der Waals surface area contributed by atoms with E-state index in [2.05, 4.69) is 22.5 Å². The van der Waals surface area contributed by atoms with Crippen molar-refractivity contribution in [1.82, 2.24) is 15.5 Å². The van der Waals surface area contributed by atoms with Gasteiger partial charge in [-0.25, -0.2) is 4.99 Å². The van der Waals surface area contributed by atoms with Crippen LogP contribution in [0.3, 0.4) is 0 Å². The molecule has 0 aromatic heterocycles. The molecule has 0 spiro atoms. The van der Waals surface area contributed by atoms with Crippen LogP contribution in [0.15, 0.2) is 29.3 Å². The first-order chi connectivity index (χ1) is 13.4. The second-order valence-corrected chi connectivity index (χ2v) is 7.94. The van der Waals surface area contributed by atoms with Crippen molar-refractivity contribution in [3.05, 3.63) is 29.3 Å². The van der Waals surface area contributed by atoms with Gasteiger partial charge in [-0.3, -0.25) is 4.79 Å². The molecule has 164 valence electrons. The third-order valence-electron chi connectivity index (χ3n) is 4.64. The number of nitrogens with one attached hydrogen (secondary N) is 2. The maximum Gasteiger partial charge on any atom is 0.225 e. The standard InChI is InChI=1S/C21H33ClN4O2.HI/c1-5-23-21(24-14-16(4)28-19-8-6-17(22)7-9-19)25-18-10-12-26(13-11-18)20(27)15(2)3;/h6-9,15-16,18H,5,10-14H2,1-4H3,(H2,23,24,25);1H. The number of rotatable bonds is 7. The molecule has 0 bridgehead atoms. The predicted octanol–water partition coefficient (Wildman–Crippen LogP) is 3.93. The zero-order chi connectivity index (χ0) is 20.5. The first kappa shape index (κ1) is 25.8. The van der Waals surface area contributed by atoms with Crippen molar-refractivity contribution in [3.8, 4) is 5.75 Å². The lowest BCUT2D eigenvalue weighted by molar-refractivity contribution is -0.135. The van der Waals surface area contributed by atoms with Crippen LogP contribution in [0, 0.1) is 5.92 Å². The maximum atomic E-state index is 12.1. The van der Waals surface area contributed by atoms with E-state index in [1.807, 2.05) is 49.9 Å². The Labute approximate surface area is 196 Å². The lowest BCUT2D eigenvalue weighted by Crippen LogP contribution is -2.50. The summed E-state index contributed by atoms with van der Waals surface area (Å²) in [4.78, 5) is 18.8. The number of carbonyl (C=O) groups excluding carboxylic acids is 1. The van der Waals surface area contributed by atoms with Crippen LogP contribution in [0.4, 0.5) is 0 Å². The Morgan fingerprint density at radius 1 is 1.24 bits per heavy atom. The van der Waals surface area contributed by atoms with Crippen LogP contribution in [0.2, 0.25) is 5.02 Å². The summed E-state index contributed by atoms with van der Waals surface area (Å²) in [6, 6.07) is 7.67. The number of aliphatic imine (C=N–C) groups is 1. The second kappa shape index (κ2) is 13.2. The molecule has 6 nitrogen and oxygen atoms in total. The summed E-state index contributed by atoms with van der Waals surface area (Å²) in [5.74, 6) is 1.88. The van der Waals surface area contributed by atoms with E-state index in [4.69, 9.17) is 16.3 Å². The Balaban J connectivity index is 0.00000420. The zero-order valence-corrected chi connectivity index (χ0v) is 20.9. The van der Waals surface area contributed by atoms with Gasteiger partial charge in [-0.2, -0.15) is 0 Å². The number of ether oxygens (including phenoxy) is 1. The van der Waals surface area contributed by atoms with Crippen molar-refractivity contribution in [2.75, 3.05) is 26.2 Å². The molecule has 1 aliphatic heterocycles. The largest absolute Gasteiger partial charge is 0.489 e. The van der Waals surface area contributed by atoms with Gasteiger partial charge in [0, 0.05) is 36.6 Å². The van der Waals surface area contributed by atoms with E-state index >= 15 is 0 Å². The number of piperidine rings is 1. The molecule has 1 aromatic carbocycles. The molecule has 1 heterocycles.